The fourth-order valence-electron chi connectivity index (χ4n) is 2.05. The maximum absolute atomic E-state index is 12.1. The molecule has 100 valence electrons. The first-order valence-corrected chi connectivity index (χ1v) is 6.32. The summed E-state index contributed by atoms with van der Waals surface area (Å²) in [6.07, 6.45) is 2.82. The third-order valence-electron chi connectivity index (χ3n) is 3.09. The lowest BCUT2D eigenvalue weighted by molar-refractivity contribution is -0.118. The summed E-state index contributed by atoms with van der Waals surface area (Å²) in [5.41, 5.74) is 1.26. The average Bonchev–Trinajstić information content (AvgIpc) is 2.54. The molecule has 2 rings (SSSR count). The molecule has 1 aromatic rings. The van der Waals surface area contributed by atoms with Crippen LogP contribution in [0.5, 0.6) is 5.75 Å². The number of ether oxygens (including phenoxy) is 1. The zero-order valence-electron chi connectivity index (χ0n) is 11.0. The number of anilines is 1. The lowest BCUT2D eigenvalue weighted by atomic mass is 10.1. The normalized spacial score (nSPS) is 14.4. The summed E-state index contributed by atoms with van der Waals surface area (Å²) >= 11 is 0. The SMILES string of the molecule is C=CCCN1C(=O)CCOc2ccc(C(C)=O)cc21. The van der Waals surface area contributed by atoms with Crippen molar-refractivity contribution in [3.05, 3.63) is 36.4 Å². The van der Waals surface area contributed by atoms with Crippen molar-refractivity contribution in [2.45, 2.75) is 19.8 Å². The van der Waals surface area contributed by atoms with Crippen molar-refractivity contribution in [3.63, 3.8) is 0 Å². The van der Waals surface area contributed by atoms with Gasteiger partial charge in [-0.2, -0.15) is 0 Å². The molecule has 0 saturated carbocycles. The number of rotatable bonds is 4. The molecule has 0 spiro atoms. The van der Waals surface area contributed by atoms with Crippen molar-refractivity contribution < 1.29 is 14.3 Å². The Kier molecular flexibility index (Phi) is 4.00. The van der Waals surface area contributed by atoms with Crippen molar-refractivity contribution in [1.29, 1.82) is 0 Å². The van der Waals surface area contributed by atoms with Crippen LogP contribution in [0.4, 0.5) is 5.69 Å². The molecular formula is C15H17NO3. The standard InChI is InChI=1S/C15H17NO3/c1-3-4-8-16-13-10-12(11(2)17)5-6-14(13)19-9-7-15(16)18/h3,5-6,10H,1,4,7-9H2,2H3. The second-order valence-electron chi connectivity index (χ2n) is 4.46. The number of hydrogen-bond acceptors (Lipinski definition) is 3. The number of hydrogen-bond donors (Lipinski definition) is 0. The molecule has 0 N–H and O–H groups in total. The van der Waals surface area contributed by atoms with Crippen LogP contribution in [0.15, 0.2) is 30.9 Å². The van der Waals surface area contributed by atoms with Crippen LogP contribution in [0.3, 0.4) is 0 Å². The summed E-state index contributed by atoms with van der Waals surface area (Å²) in [7, 11) is 0. The van der Waals surface area contributed by atoms with Crippen LogP contribution in [-0.2, 0) is 4.79 Å². The molecule has 1 aliphatic rings. The molecule has 4 heteroatoms. The van der Waals surface area contributed by atoms with Crippen molar-refractivity contribution in [2.75, 3.05) is 18.1 Å². The number of nitrogens with zero attached hydrogens (tertiary/aromatic N) is 1. The van der Waals surface area contributed by atoms with Crippen LogP contribution in [0, 0.1) is 0 Å². The molecule has 1 aliphatic heterocycles. The summed E-state index contributed by atoms with van der Waals surface area (Å²) < 4.78 is 5.56. The number of Topliss-reactive ketones (excluding diaryl/α,β-unsaturated/α-hetero) is 1. The Labute approximate surface area is 112 Å². The minimum absolute atomic E-state index is 0.0151. The van der Waals surface area contributed by atoms with E-state index in [9.17, 15) is 9.59 Å². The fourth-order valence-corrected chi connectivity index (χ4v) is 2.05. The molecule has 0 bridgehead atoms. The summed E-state index contributed by atoms with van der Waals surface area (Å²) in [6.45, 7) is 6.11. The van der Waals surface area contributed by atoms with E-state index >= 15 is 0 Å². The smallest absolute Gasteiger partial charge is 0.230 e. The second kappa shape index (κ2) is 5.69. The zero-order valence-corrected chi connectivity index (χ0v) is 11.0. The highest BCUT2D eigenvalue weighted by Gasteiger charge is 2.23. The summed E-state index contributed by atoms with van der Waals surface area (Å²) in [5.74, 6) is 0.643. The van der Waals surface area contributed by atoms with Gasteiger partial charge >= 0.3 is 0 Å². The Hall–Kier alpha value is -2.10. The molecule has 0 saturated heterocycles. The van der Waals surface area contributed by atoms with Gasteiger partial charge in [0.05, 0.1) is 18.7 Å². The van der Waals surface area contributed by atoms with E-state index in [1.54, 1.807) is 29.2 Å². The lowest BCUT2D eigenvalue weighted by Gasteiger charge is -2.21. The average molecular weight is 259 g/mol. The second-order valence-corrected chi connectivity index (χ2v) is 4.46. The molecule has 19 heavy (non-hydrogen) atoms. The van der Waals surface area contributed by atoms with E-state index in [1.165, 1.54) is 6.92 Å². The highest BCUT2D eigenvalue weighted by atomic mass is 16.5. The number of amides is 1. The van der Waals surface area contributed by atoms with Gasteiger partial charge in [-0.1, -0.05) is 6.08 Å². The van der Waals surface area contributed by atoms with Gasteiger partial charge in [-0.05, 0) is 31.5 Å². The Morgan fingerprint density at radius 1 is 1.53 bits per heavy atom. The Morgan fingerprint density at radius 3 is 3.00 bits per heavy atom. The number of carbonyl (C=O) groups is 2. The van der Waals surface area contributed by atoms with E-state index in [1.807, 2.05) is 0 Å². The van der Waals surface area contributed by atoms with Gasteiger partial charge in [0.15, 0.2) is 5.78 Å². The number of benzene rings is 1. The Morgan fingerprint density at radius 2 is 2.32 bits per heavy atom. The summed E-state index contributed by atoms with van der Waals surface area (Å²) in [6, 6.07) is 5.21. The molecule has 0 radical (unpaired) electrons. The van der Waals surface area contributed by atoms with Crippen molar-refractivity contribution >= 4 is 17.4 Å². The molecule has 1 aromatic carbocycles. The van der Waals surface area contributed by atoms with E-state index in [2.05, 4.69) is 6.58 Å². The van der Waals surface area contributed by atoms with Gasteiger partial charge in [0.2, 0.25) is 5.91 Å². The van der Waals surface area contributed by atoms with Crippen LogP contribution >= 0.6 is 0 Å². The summed E-state index contributed by atoms with van der Waals surface area (Å²) in [4.78, 5) is 25.2. The molecule has 0 atom stereocenters. The van der Waals surface area contributed by atoms with Gasteiger partial charge < -0.3 is 9.64 Å². The maximum Gasteiger partial charge on any atom is 0.230 e. The van der Waals surface area contributed by atoms with Crippen LogP contribution < -0.4 is 9.64 Å². The van der Waals surface area contributed by atoms with Gasteiger partial charge in [-0.15, -0.1) is 6.58 Å². The zero-order chi connectivity index (χ0) is 13.8. The molecule has 0 aromatic heterocycles. The predicted molar refractivity (Wildman–Crippen MR) is 73.7 cm³/mol. The van der Waals surface area contributed by atoms with Crippen LogP contribution in [0.25, 0.3) is 0 Å². The molecule has 0 aliphatic carbocycles. The molecule has 0 fully saturated rings. The third kappa shape index (κ3) is 2.84. The first-order chi connectivity index (χ1) is 9.13. The first kappa shape index (κ1) is 13.3. The topological polar surface area (TPSA) is 46.6 Å². The largest absolute Gasteiger partial charge is 0.491 e. The highest BCUT2D eigenvalue weighted by Crippen LogP contribution is 2.32. The van der Waals surface area contributed by atoms with Gasteiger partial charge in [0, 0.05) is 12.1 Å². The fraction of sp³-hybridized carbons (Fsp3) is 0.333. The number of fused-ring (bicyclic) bond motifs is 1. The number of ketones is 1. The van der Waals surface area contributed by atoms with Crippen LogP contribution in [0.2, 0.25) is 0 Å². The quantitative estimate of drug-likeness (QED) is 0.616. The third-order valence-corrected chi connectivity index (χ3v) is 3.09. The molecule has 1 heterocycles. The van der Waals surface area contributed by atoms with Gasteiger partial charge in [-0.3, -0.25) is 9.59 Å². The van der Waals surface area contributed by atoms with Crippen molar-refractivity contribution in [3.8, 4) is 5.75 Å². The first-order valence-electron chi connectivity index (χ1n) is 6.32. The molecular weight excluding hydrogens is 242 g/mol. The van der Waals surface area contributed by atoms with E-state index < -0.39 is 0 Å². The molecule has 4 nitrogen and oxygen atoms in total. The Bertz CT molecular complexity index is 522. The minimum atomic E-state index is -0.0248. The van der Waals surface area contributed by atoms with E-state index in [4.69, 9.17) is 4.74 Å². The van der Waals surface area contributed by atoms with Crippen LogP contribution in [-0.4, -0.2) is 24.8 Å². The van der Waals surface area contributed by atoms with Gasteiger partial charge in [0.25, 0.3) is 0 Å². The van der Waals surface area contributed by atoms with Gasteiger partial charge in [-0.25, -0.2) is 0 Å². The predicted octanol–water partition coefficient (Wildman–Crippen LogP) is 2.58. The minimum Gasteiger partial charge on any atom is -0.491 e. The van der Waals surface area contributed by atoms with Crippen molar-refractivity contribution in [2.24, 2.45) is 0 Å². The Balaban J connectivity index is 2.43. The summed E-state index contributed by atoms with van der Waals surface area (Å²) in [5, 5.41) is 0. The van der Waals surface area contributed by atoms with Crippen LogP contribution in [0.1, 0.15) is 30.1 Å². The van der Waals surface area contributed by atoms with E-state index in [0.717, 1.165) is 0 Å². The monoisotopic (exact) mass is 259 g/mol. The van der Waals surface area contributed by atoms with Crippen molar-refractivity contribution in [1.82, 2.24) is 0 Å². The number of carbonyl (C=O) groups excluding carboxylic acids is 2. The maximum atomic E-state index is 12.1. The lowest BCUT2D eigenvalue weighted by Crippen LogP contribution is -2.31. The van der Waals surface area contributed by atoms with Gasteiger partial charge in [0.1, 0.15) is 5.75 Å². The van der Waals surface area contributed by atoms with E-state index in [-0.39, 0.29) is 11.7 Å². The molecule has 0 unspecified atom stereocenters. The highest BCUT2D eigenvalue weighted by molar-refractivity contribution is 5.99. The molecule has 1 amide bonds. The van der Waals surface area contributed by atoms with E-state index in [0.29, 0.717) is 43.0 Å².